The molecule has 20 heavy (non-hydrogen) atoms. The van der Waals surface area contributed by atoms with Gasteiger partial charge in [0.1, 0.15) is 28.4 Å². The van der Waals surface area contributed by atoms with Gasteiger partial charge in [-0.3, -0.25) is 0 Å². The molecule has 2 rings (SSSR count). The molecule has 0 saturated carbocycles. The van der Waals surface area contributed by atoms with E-state index in [1.807, 2.05) is 20.8 Å². The molecule has 6 heteroatoms. The summed E-state index contributed by atoms with van der Waals surface area (Å²) in [6.45, 7) is 5.84. The fourth-order valence-electron chi connectivity index (χ4n) is 1.55. The van der Waals surface area contributed by atoms with Gasteiger partial charge in [0.05, 0.1) is 5.69 Å². The number of benzene rings is 1. The predicted octanol–water partition coefficient (Wildman–Crippen LogP) is 4.45. The Morgan fingerprint density at radius 1 is 1.10 bits per heavy atom. The first-order valence-electron chi connectivity index (χ1n) is 6.03. The average Bonchev–Trinajstić information content (AvgIpc) is 2.31. The van der Waals surface area contributed by atoms with Crippen LogP contribution in [0, 0.1) is 11.6 Å². The Bertz CT molecular complexity index is 639. The van der Waals surface area contributed by atoms with E-state index in [2.05, 4.69) is 15.3 Å². The lowest BCUT2D eigenvalue weighted by molar-refractivity contribution is 0.546. The van der Waals surface area contributed by atoms with Crippen LogP contribution in [0.3, 0.4) is 0 Å². The lowest BCUT2D eigenvalue weighted by Gasteiger charge is -2.18. The third-order valence-electron chi connectivity index (χ3n) is 2.56. The Hall–Kier alpha value is -1.75. The van der Waals surface area contributed by atoms with E-state index < -0.39 is 11.6 Å². The normalized spacial score (nSPS) is 11.5. The van der Waals surface area contributed by atoms with Crippen molar-refractivity contribution in [1.29, 1.82) is 0 Å². The van der Waals surface area contributed by atoms with Gasteiger partial charge in [-0.1, -0.05) is 32.4 Å². The second-order valence-corrected chi connectivity index (χ2v) is 5.79. The van der Waals surface area contributed by atoms with Gasteiger partial charge in [-0.2, -0.15) is 0 Å². The van der Waals surface area contributed by atoms with Gasteiger partial charge in [-0.05, 0) is 12.1 Å². The van der Waals surface area contributed by atoms with Crippen molar-refractivity contribution < 1.29 is 8.78 Å². The molecule has 0 spiro atoms. The molecule has 1 heterocycles. The second kappa shape index (κ2) is 5.32. The van der Waals surface area contributed by atoms with Crippen molar-refractivity contribution in [3.05, 3.63) is 46.9 Å². The van der Waals surface area contributed by atoms with Gasteiger partial charge < -0.3 is 5.32 Å². The minimum Gasteiger partial charge on any atom is -0.338 e. The summed E-state index contributed by atoms with van der Waals surface area (Å²) < 4.78 is 26.4. The number of rotatable bonds is 2. The molecule has 0 saturated heterocycles. The molecule has 0 amide bonds. The van der Waals surface area contributed by atoms with Crippen LogP contribution in [0.2, 0.25) is 5.15 Å². The number of nitrogens with one attached hydrogen (secondary N) is 1. The fourth-order valence-corrected chi connectivity index (χ4v) is 1.73. The SMILES string of the molecule is CC(C)(C)c1nc(Cl)cc(Nc2ccc(F)cc2F)n1. The molecule has 1 aromatic carbocycles. The number of nitrogens with zero attached hydrogens (tertiary/aromatic N) is 2. The van der Waals surface area contributed by atoms with Crippen LogP contribution >= 0.6 is 11.6 Å². The molecule has 3 nitrogen and oxygen atoms in total. The summed E-state index contributed by atoms with van der Waals surface area (Å²) in [5, 5.41) is 3.03. The Kier molecular flexibility index (Phi) is 3.90. The lowest BCUT2D eigenvalue weighted by atomic mass is 9.96. The number of anilines is 2. The summed E-state index contributed by atoms with van der Waals surface area (Å²) in [5.41, 5.74) is -0.163. The highest BCUT2D eigenvalue weighted by atomic mass is 35.5. The molecule has 2 aromatic rings. The van der Waals surface area contributed by atoms with Crippen molar-refractivity contribution in [2.75, 3.05) is 5.32 Å². The molecule has 0 atom stereocenters. The van der Waals surface area contributed by atoms with Crippen LogP contribution in [0.25, 0.3) is 0 Å². The zero-order valence-corrected chi connectivity index (χ0v) is 12.1. The lowest BCUT2D eigenvalue weighted by Crippen LogP contribution is -2.16. The van der Waals surface area contributed by atoms with Crippen LogP contribution < -0.4 is 5.32 Å². The fraction of sp³-hybridized carbons (Fsp3) is 0.286. The summed E-state index contributed by atoms with van der Waals surface area (Å²) in [4.78, 5) is 8.44. The van der Waals surface area contributed by atoms with E-state index in [0.717, 1.165) is 6.07 Å². The molecule has 0 aliphatic rings. The van der Waals surface area contributed by atoms with Crippen LogP contribution in [0.1, 0.15) is 26.6 Å². The quantitative estimate of drug-likeness (QED) is 0.832. The molecule has 0 bridgehead atoms. The van der Waals surface area contributed by atoms with Crippen molar-refractivity contribution in [3.63, 3.8) is 0 Å². The summed E-state index contributed by atoms with van der Waals surface area (Å²) in [6, 6.07) is 4.76. The Balaban J connectivity index is 2.36. The molecular weight excluding hydrogens is 284 g/mol. The molecular formula is C14H14ClF2N3. The van der Waals surface area contributed by atoms with E-state index in [1.54, 1.807) is 0 Å². The van der Waals surface area contributed by atoms with Crippen molar-refractivity contribution in [3.8, 4) is 0 Å². The maximum atomic E-state index is 13.6. The smallest absolute Gasteiger partial charge is 0.149 e. The monoisotopic (exact) mass is 297 g/mol. The Labute approximate surface area is 121 Å². The van der Waals surface area contributed by atoms with E-state index in [-0.39, 0.29) is 16.3 Å². The Morgan fingerprint density at radius 2 is 1.80 bits per heavy atom. The number of hydrogen-bond acceptors (Lipinski definition) is 3. The molecule has 0 radical (unpaired) electrons. The van der Waals surface area contributed by atoms with Crippen LogP contribution in [0.4, 0.5) is 20.3 Å². The molecule has 106 valence electrons. The van der Waals surface area contributed by atoms with Gasteiger partial charge in [0, 0.05) is 17.5 Å². The predicted molar refractivity (Wildman–Crippen MR) is 75.4 cm³/mol. The summed E-state index contributed by atoms with van der Waals surface area (Å²) in [7, 11) is 0. The van der Waals surface area contributed by atoms with Crippen LogP contribution in [0.15, 0.2) is 24.3 Å². The summed E-state index contributed by atoms with van der Waals surface area (Å²) in [5.74, 6) is -0.434. The average molecular weight is 298 g/mol. The summed E-state index contributed by atoms with van der Waals surface area (Å²) >= 11 is 5.94. The maximum Gasteiger partial charge on any atom is 0.149 e. The topological polar surface area (TPSA) is 37.8 Å². The van der Waals surface area contributed by atoms with Gasteiger partial charge in [0.25, 0.3) is 0 Å². The summed E-state index contributed by atoms with van der Waals surface area (Å²) in [6.07, 6.45) is 0. The third-order valence-corrected chi connectivity index (χ3v) is 2.75. The first kappa shape index (κ1) is 14.7. The van der Waals surface area contributed by atoms with Crippen LogP contribution in [-0.4, -0.2) is 9.97 Å². The van der Waals surface area contributed by atoms with E-state index in [9.17, 15) is 8.78 Å². The first-order valence-corrected chi connectivity index (χ1v) is 6.40. The number of aromatic nitrogens is 2. The highest BCUT2D eigenvalue weighted by molar-refractivity contribution is 6.29. The second-order valence-electron chi connectivity index (χ2n) is 5.40. The minimum atomic E-state index is -0.697. The van der Waals surface area contributed by atoms with Crippen molar-refractivity contribution >= 4 is 23.1 Å². The van der Waals surface area contributed by atoms with Crippen molar-refractivity contribution in [1.82, 2.24) is 9.97 Å². The Morgan fingerprint density at radius 3 is 2.40 bits per heavy atom. The molecule has 0 fully saturated rings. The number of halogens is 3. The van der Waals surface area contributed by atoms with Crippen molar-refractivity contribution in [2.24, 2.45) is 0 Å². The van der Waals surface area contributed by atoms with Gasteiger partial charge in [0.2, 0.25) is 0 Å². The first-order chi connectivity index (χ1) is 9.25. The van der Waals surface area contributed by atoms with Crippen LogP contribution in [-0.2, 0) is 5.41 Å². The van der Waals surface area contributed by atoms with Crippen LogP contribution in [0.5, 0.6) is 0 Å². The van der Waals surface area contributed by atoms with Gasteiger partial charge >= 0.3 is 0 Å². The molecule has 1 N–H and O–H groups in total. The van der Waals surface area contributed by atoms with Crippen molar-refractivity contribution in [2.45, 2.75) is 26.2 Å². The standard InChI is InChI=1S/C14H14ClF2N3/c1-14(2,3)13-19-11(15)7-12(20-13)18-10-5-4-8(16)6-9(10)17/h4-7H,1-3H3,(H,18,19,20). The highest BCUT2D eigenvalue weighted by Crippen LogP contribution is 2.25. The van der Waals surface area contributed by atoms with E-state index >= 15 is 0 Å². The molecule has 0 unspecified atom stereocenters. The minimum absolute atomic E-state index is 0.126. The van der Waals surface area contributed by atoms with Gasteiger partial charge in [-0.15, -0.1) is 0 Å². The van der Waals surface area contributed by atoms with E-state index in [1.165, 1.54) is 18.2 Å². The number of hydrogen-bond donors (Lipinski definition) is 1. The van der Waals surface area contributed by atoms with E-state index in [4.69, 9.17) is 11.6 Å². The zero-order chi connectivity index (χ0) is 14.9. The molecule has 0 aliphatic heterocycles. The zero-order valence-electron chi connectivity index (χ0n) is 11.3. The molecule has 1 aromatic heterocycles. The maximum absolute atomic E-state index is 13.6. The van der Waals surface area contributed by atoms with Gasteiger partial charge in [0.15, 0.2) is 0 Å². The van der Waals surface area contributed by atoms with E-state index in [0.29, 0.717) is 11.6 Å². The van der Waals surface area contributed by atoms with Gasteiger partial charge in [-0.25, -0.2) is 18.7 Å². The largest absolute Gasteiger partial charge is 0.338 e. The molecule has 0 aliphatic carbocycles. The highest BCUT2D eigenvalue weighted by Gasteiger charge is 2.19. The third kappa shape index (κ3) is 3.42.